The van der Waals surface area contributed by atoms with Gasteiger partial charge in [-0.25, -0.2) is 4.68 Å². The maximum atomic E-state index is 5.73. The lowest BCUT2D eigenvalue weighted by Crippen LogP contribution is -2.38. The first-order valence-electron chi connectivity index (χ1n) is 6.30. The summed E-state index contributed by atoms with van der Waals surface area (Å²) in [6.45, 7) is 7.45. The maximum absolute atomic E-state index is 5.73. The Morgan fingerprint density at radius 2 is 2.16 bits per heavy atom. The van der Waals surface area contributed by atoms with Crippen LogP contribution < -0.4 is 10.1 Å². The largest absolute Gasteiger partial charge is 0.491 e. The van der Waals surface area contributed by atoms with E-state index in [4.69, 9.17) is 4.74 Å². The van der Waals surface area contributed by atoms with Crippen molar-refractivity contribution in [3.63, 3.8) is 0 Å². The Labute approximate surface area is 121 Å². The van der Waals surface area contributed by atoms with Crippen molar-refractivity contribution in [1.82, 2.24) is 15.0 Å². The highest BCUT2D eigenvalue weighted by atomic mass is 79.9. The van der Waals surface area contributed by atoms with Crippen LogP contribution in [0.25, 0.3) is 0 Å². The quantitative estimate of drug-likeness (QED) is 0.790. The van der Waals surface area contributed by atoms with E-state index >= 15 is 0 Å². The van der Waals surface area contributed by atoms with Gasteiger partial charge in [-0.1, -0.05) is 46.9 Å². The van der Waals surface area contributed by atoms with Gasteiger partial charge in [0.25, 0.3) is 0 Å². The van der Waals surface area contributed by atoms with Crippen molar-refractivity contribution < 1.29 is 4.74 Å². The minimum Gasteiger partial charge on any atom is -0.491 e. The van der Waals surface area contributed by atoms with Crippen LogP contribution in [0.1, 0.15) is 11.6 Å². The molecule has 0 saturated heterocycles. The molecule has 0 amide bonds. The van der Waals surface area contributed by atoms with Crippen LogP contribution in [-0.2, 0) is 0 Å². The van der Waals surface area contributed by atoms with Gasteiger partial charge in [-0.2, -0.15) is 0 Å². The second-order valence-electron chi connectivity index (χ2n) is 5.84. The van der Waals surface area contributed by atoms with E-state index in [-0.39, 0.29) is 6.04 Å². The topological polar surface area (TPSA) is 39.9 Å². The van der Waals surface area contributed by atoms with Crippen LogP contribution in [0, 0.1) is 0 Å². The van der Waals surface area contributed by atoms with Crippen molar-refractivity contribution >= 4 is 29.3 Å². The van der Waals surface area contributed by atoms with Gasteiger partial charge in [-0.05, 0) is 12.1 Å². The molecule has 0 bridgehead atoms. The zero-order valence-electron chi connectivity index (χ0n) is 11.2. The third-order valence-electron chi connectivity index (χ3n) is 3.33. The van der Waals surface area contributed by atoms with Crippen molar-refractivity contribution in [2.75, 3.05) is 6.61 Å². The van der Waals surface area contributed by atoms with Crippen LogP contribution in [0.4, 0.5) is 0 Å². The van der Waals surface area contributed by atoms with Crippen molar-refractivity contribution in [2.24, 2.45) is 0 Å². The summed E-state index contributed by atoms with van der Waals surface area (Å²) in [7, 11) is -1.41. The lowest BCUT2D eigenvalue weighted by Gasteiger charge is -2.11. The molecule has 1 aliphatic heterocycles. The summed E-state index contributed by atoms with van der Waals surface area (Å²) < 4.78 is 8.71. The maximum Gasteiger partial charge on any atom is 0.126 e. The van der Waals surface area contributed by atoms with Gasteiger partial charge in [0, 0.05) is 16.2 Å². The first-order chi connectivity index (χ1) is 8.95. The Morgan fingerprint density at radius 3 is 2.84 bits per heavy atom. The van der Waals surface area contributed by atoms with Crippen LogP contribution >= 0.6 is 15.9 Å². The number of fused-ring (bicyclic) bond motifs is 1. The number of hydrogen-bond donors (Lipinski definition) is 0. The van der Waals surface area contributed by atoms with E-state index in [0.29, 0.717) is 6.61 Å². The Kier molecular flexibility index (Phi) is 3.02. The van der Waals surface area contributed by atoms with Crippen LogP contribution in [0.2, 0.25) is 19.6 Å². The summed E-state index contributed by atoms with van der Waals surface area (Å²) in [5, 5.41) is 9.77. The number of nitrogens with zero attached hydrogens (tertiary/aromatic N) is 3. The zero-order valence-corrected chi connectivity index (χ0v) is 13.8. The molecule has 1 aliphatic rings. The highest BCUT2D eigenvalue weighted by Gasteiger charge is 2.28. The normalized spacial score (nSPS) is 18.2. The average molecular weight is 338 g/mol. The molecule has 0 N–H and O–H groups in total. The van der Waals surface area contributed by atoms with Crippen molar-refractivity contribution in [1.29, 1.82) is 0 Å². The van der Waals surface area contributed by atoms with Crippen molar-refractivity contribution in [2.45, 2.75) is 25.7 Å². The third kappa shape index (κ3) is 2.34. The number of aromatic nitrogens is 3. The lowest BCUT2D eigenvalue weighted by atomic mass is 10.1. The Bertz CT molecular complexity index is 621. The molecule has 100 valence electrons. The first-order valence-corrected chi connectivity index (χ1v) is 10.6. The number of ether oxygens (including phenoxy) is 1. The molecule has 3 rings (SSSR count). The summed E-state index contributed by atoms with van der Waals surface area (Å²) in [6, 6.07) is 6.27. The molecular weight excluding hydrogens is 322 g/mol. The van der Waals surface area contributed by atoms with Crippen LogP contribution in [0.5, 0.6) is 5.75 Å². The van der Waals surface area contributed by atoms with E-state index in [1.165, 1.54) is 5.56 Å². The molecule has 0 saturated carbocycles. The van der Waals surface area contributed by atoms with E-state index in [1.54, 1.807) is 0 Å². The minimum absolute atomic E-state index is 0.140. The highest BCUT2D eigenvalue weighted by molar-refractivity contribution is 9.10. The Balaban J connectivity index is 1.96. The number of hydrogen-bond acceptors (Lipinski definition) is 3. The van der Waals surface area contributed by atoms with Crippen molar-refractivity contribution in [3.8, 4) is 5.75 Å². The third-order valence-corrected chi connectivity index (χ3v) is 5.59. The number of rotatable bonds is 2. The molecule has 2 heterocycles. The molecular formula is C13H16BrN3OSi. The van der Waals surface area contributed by atoms with Gasteiger partial charge in [-0.15, -0.1) is 5.10 Å². The van der Waals surface area contributed by atoms with E-state index in [2.05, 4.69) is 58.1 Å². The summed E-state index contributed by atoms with van der Waals surface area (Å²) in [4.78, 5) is 0. The highest BCUT2D eigenvalue weighted by Crippen LogP contribution is 2.36. The fraction of sp³-hybridized carbons (Fsp3) is 0.385. The van der Waals surface area contributed by atoms with Crippen LogP contribution in [0.15, 0.2) is 28.9 Å². The van der Waals surface area contributed by atoms with Crippen LogP contribution in [0.3, 0.4) is 0 Å². The van der Waals surface area contributed by atoms with Gasteiger partial charge in [0.05, 0.1) is 5.32 Å². The monoisotopic (exact) mass is 337 g/mol. The Morgan fingerprint density at radius 1 is 1.37 bits per heavy atom. The fourth-order valence-corrected chi connectivity index (χ4v) is 3.36. The average Bonchev–Trinajstić information content (AvgIpc) is 2.91. The van der Waals surface area contributed by atoms with Gasteiger partial charge in [0.15, 0.2) is 0 Å². The second-order valence-corrected chi connectivity index (χ2v) is 11.8. The first kappa shape index (κ1) is 12.9. The second kappa shape index (κ2) is 4.45. The predicted octanol–water partition coefficient (Wildman–Crippen LogP) is 2.57. The molecule has 0 aliphatic carbocycles. The standard InChI is InChI=1S/C13H16BrN3OSi/c1-19(2,3)13-7-17(16-15-13)11-8-18-12-6-9(14)4-5-10(11)12/h4-7,11H,8H2,1-3H3/t11-/m0/s1. The smallest absolute Gasteiger partial charge is 0.126 e. The molecule has 0 spiro atoms. The molecule has 0 radical (unpaired) electrons. The summed E-state index contributed by atoms with van der Waals surface area (Å²) in [5.74, 6) is 0.935. The van der Waals surface area contributed by atoms with Crippen molar-refractivity contribution in [3.05, 3.63) is 34.4 Å². The molecule has 1 aromatic heterocycles. The summed E-state index contributed by atoms with van der Waals surface area (Å²) in [6.07, 6.45) is 2.08. The van der Waals surface area contributed by atoms with Gasteiger partial charge in [0.1, 0.15) is 26.5 Å². The molecule has 19 heavy (non-hydrogen) atoms. The van der Waals surface area contributed by atoms with E-state index in [9.17, 15) is 0 Å². The van der Waals surface area contributed by atoms with Crippen LogP contribution in [-0.4, -0.2) is 29.7 Å². The predicted molar refractivity (Wildman–Crippen MR) is 80.8 cm³/mol. The molecule has 1 atom stereocenters. The lowest BCUT2D eigenvalue weighted by molar-refractivity contribution is 0.306. The van der Waals surface area contributed by atoms with Gasteiger partial charge in [0.2, 0.25) is 0 Å². The SMILES string of the molecule is C[Si](C)(C)c1cn([C@H]2COc3cc(Br)ccc32)nn1. The van der Waals surface area contributed by atoms with Gasteiger partial charge >= 0.3 is 0 Å². The minimum atomic E-state index is -1.41. The summed E-state index contributed by atoms with van der Waals surface area (Å²) in [5.41, 5.74) is 1.18. The van der Waals surface area contributed by atoms with E-state index in [1.807, 2.05) is 16.8 Å². The Hall–Kier alpha value is -1.14. The molecule has 0 fully saturated rings. The summed E-state index contributed by atoms with van der Waals surface area (Å²) >= 11 is 3.46. The molecule has 6 heteroatoms. The fourth-order valence-electron chi connectivity index (χ4n) is 2.16. The molecule has 1 aromatic carbocycles. The zero-order chi connectivity index (χ0) is 13.6. The van der Waals surface area contributed by atoms with Gasteiger partial charge < -0.3 is 4.74 Å². The molecule has 0 unspecified atom stereocenters. The number of benzene rings is 1. The number of halogens is 1. The molecule has 2 aromatic rings. The van der Waals surface area contributed by atoms with E-state index in [0.717, 1.165) is 15.5 Å². The molecule has 4 nitrogen and oxygen atoms in total. The van der Waals surface area contributed by atoms with Gasteiger partial charge in [-0.3, -0.25) is 0 Å². The van der Waals surface area contributed by atoms with E-state index < -0.39 is 8.07 Å².